The molecule has 1 aromatic heterocycles. The fraction of sp³-hybridized carbons (Fsp3) is 0.174. The summed E-state index contributed by atoms with van der Waals surface area (Å²) in [6.07, 6.45) is 1.77. The van der Waals surface area contributed by atoms with Crippen molar-refractivity contribution in [3.05, 3.63) is 86.8 Å². The molecule has 28 heavy (non-hydrogen) atoms. The van der Waals surface area contributed by atoms with Crippen LogP contribution < -0.4 is 14.7 Å². The summed E-state index contributed by atoms with van der Waals surface area (Å²) in [5, 5.41) is 14.5. The maximum Gasteiger partial charge on any atom is 0.232 e. The van der Waals surface area contributed by atoms with E-state index in [1.807, 2.05) is 43.6 Å². The van der Waals surface area contributed by atoms with Gasteiger partial charge in [0.25, 0.3) is 0 Å². The van der Waals surface area contributed by atoms with Crippen molar-refractivity contribution >= 4 is 23.2 Å². The second kappa shape index (κ2) is 7.62. The number of allylic oxidation sites excluding steroid dienone is 1. The van der Waals surface area contributed by atoms with Crippen LogP contribution in [-0.4, -0.2) is 12.8 Å². The van der Waals surface area contributed by atoms with Gasteiger partial charge >= 0.3 is 0 Å². The first kappa shape index (κ1) is 18.5. The number of aryl methyl sites for hydroxylation is 1. The van der Waals surface area contributed by atoms with Crippen LogP contribution in [0, 0.1) is 6.92 Å². The Morgan fingerprint density at radius 2 is 1.89 bits per heavy atom. The maximum absolute atomic E-state index is 12.8. The van der Waals surface area contributed by atoms with Crippen LogP contribution in [0.5, 0.6) is 11.5 Å². The number of ketones is 1. The van der Waals surface area contributed by atoms with Crippen LogP contribution in [-0.2, 0) is 13.1 Å². The summed E-state index contributed by atoms with van der Waals surface area (Å²) in [7, 11) is 2.04. The smallest absolute Gasteiger partial charge is 0.232 e. The van der Waals surface area contributed by atoms with Crippen LogP contribution in [0.25, 0.3) is 6.08 Å². The lowest BCUT2D eigenvalue weighted by molar-refractivity contribution is -0.907. The SMILES string of the molecule is Cc1ccsc1/C=C1\Oc2c(ccc([O-])c2C[NH+](C)Cc2ccccc2)C1=O. The number of quaternary nitrogens is 1. The average Bonchev–Trinajstić information content (AvgIpc) is 3.22. The number of Topliss-reactive ketones (excluding diaryl/α,β-unsaturated/α-hetero) is 1. The lowest BCUT2D eigenvalue weighted by Crippen LogP contribution is -3.06. The number of fused-ring (bicyclic) bond motifs is 1. The third-order valence-corrected chi connectivity index (χ3v) is 5.86. The predicted molar refractivity (Wildman–Crippen MR) is 109 cm³/mol. The van der Waals surface area contributed by atoms with E-state index in [4.69, 9.17) is 4.74 Å². The van der Waals surface area contributed by atoms with Gasteiger partial charge in [-0.3, -0.25) is 4.79 Å². The zero-order valence-corrected chi connectivity index (χ0v) is 16.6. The Labute approximate surface area is 168 Å². The van der Waals surface area contributed by atoms with Crippen LogP contribution >= 0.6 is 11.3 Å². The Morgan fingerprint density at radius 3 is 2.61 bits per heavy atom. The average molecular weight is 391 g/mol. The summed E-state index contributed by atoms with van der Waals surface area (Å²) in [6.45, 7) is 3.28. The molecule has 2 heterocycles. The highest BCUT2D eigenvalue weighted by molar-refractivity contribution is 7.11. The van der Waals surface area contributed by atoms with Gasteiger partial charge in [0.15, 0.2) is 5.76 Å². The van der Waals surface area contributed by atoms with Crippen molar-refractivity contribution < 1.29 is 19.5 Å². The summed E-state index contributed by atoms with van der Waals surface area (Å²) in [4.78, 5) is 14.9. The zero-order valence-electron chi connectivity index (χ0n) is 15.8. The third-order valence-electron chi connectivity index (χ3n) is 4.89. The van der Waals surface area contributed by atoms with Crippen molar-refractivity contribution in [1.82, 2.24) is 0 Å². The largest absolute Gasteiger partial charge is 0.872 e. The van der Waals surface area contributed by atoms with Crippen molar-refractivity contribution in [3.8, 4) is 11.5 Å². The van der Waals surface area contributed by atoms with Crippen LogP contribution in [0.1, 0.15) is 31.9 Å². The van der Waals surface area contributed by atoms with E-state index in [1.165, 1.54) is 11.6 Å². The summed E-state index contributed by atoms with van der Waals surface area (Å²) in [5.41, 5.74) is 3.33. The molecule has 0 bridgehead atoms. The molecule has 0 saturated carbocycles. The van der Waals surface area contributed by atoms with Gasteiger partial charge in [0.2, 0.25) is 5.78 Å². The molecule has 0 spiro atoms. The van der Waals surface area contributed by atoms with E-state index < -0.39 is 0 Å². The van der Waals surface area contributed by atoms with Crippen LogP contribution in [0.4, 0.5) is 0 Å². The molecule has 1 aliphatic rings. The molecule has 142 valence electrons. The second-order valence-corrected chi connectivity index (χ2v) is 8.07. The van der Waals surface area contributed by atoms with Gasteiger partial charge in [-0.2, -0.15) is 0 Å². The quantitative estimate of drug-likeness (QED) is 0.681. The molecule has 5 heteroatoms. The number of carbonyl (C=O) groups is 1. The first-order valence-electron chi connectivity index (χ1n) is 9.19. The fourth-order valence-electron chi connectivity index (χ4n) is 3.42. The van der Waals surface area contributed by atoms with Gasteiger partial charge in [-0.05, 0) is 30.0 Å². The standard InChI is InChI=1S/C23H21NO3S/c1-15-10-11-28-21(15)12-20-22(26)17-8-9-19(25)18(23(17)27-20)14-24(2)13-16-6-4-3-5-7-16/h3-12,25H,13-14H2,1-2H3/b20-12-. The van der Waals surface area contributed by atoms with Gasteiger partial charge in [-0.25, -0.2) is 0 Å². The Hall–Kier alpha value is -2.89. The van der Waals surface area contributed by atoms with Gasteiger partial charge in [0.1, 0.15) is 18.8 Å². The normalized spacial score (nSPS) is 15.5. The minimum absolute atomic E-state index is 0.0903. The molecule has 1 N–H and O–H groups in total. The molecular formula is C23H21NO3S. The molecule has 1 atom stereocenters. The first-order valence-corrected chi connectivity index (χ1v) is 10.1. The highest BCUT2D eigenvalue weighted by atomic mass is 32.1. The van der Waals surface area contributed by atoms with Gasteiger partial charge in [0.05, 0.1) is 12.6 Å². The molecule has 0 amide bonds. The molecule has 0 aliphatic carbocycles. The summed E-state index contributed by atoms with van der Waals surface area (Å²) < 4.78 is 5.92. The number of hydrogen-bond acceptors (Lipinski definition) is 4. The minimum Gasteiger partial charge on any atom is -0.872 e. The Kier molecular flexibility index (Phi) is 5.03. The fourth-order valence-corrected chi connectivity index (χ4v) is 4.26. The molecule has 4 nitrogen and oxygen atoms in total. The van der Waals surface area contributed by atoms with Crippen molar-refractivity contribution in [1.29, 1.82) is 0 Å². The number of nitrogens with one attached hydrogen (secondary N) is 1. The number of hydrogen-bond donors (Lipinski definition) is 1. The highest BCUT2D eigenvalue weighted by Crippen LogP contribution is 2.38. The lowest BCUT2D eigenvalue weighted by Gasteiger charge is -2.20. The van der Waals surface area contributed by atoms with E-state index in [-0.39, 0.29) is 17.3 Å². The number of rotatable bonds is 5. The zero-order chi connectivity index (χ0) is 19.7. The third kappa shape index (κ3) is 3.59. The maximum atomic E-state index is 12.8. The predicted octanol–water partition coefficient (Wildman–Crippen LogP) is 2.96. The molecule has 1 aliphatic heterocycles. The van der Waals surface area contributed by atoms with Gasteiger partial charge in [-0.1, -0.05) is 42.1 Å². The Morgan fingerprint density at radius 1 is 1.11 bits per heavy atom. The summed E-state index contributed by atoms with van der Waals surface area (Å²) >= 11 is 1.56. The summed E-state index contributed by atoms with van der Waals surface area (Å²) in [6, 6.07) is 15.2. The van der Waals surface area contributed by atoms with Crippen molar-refractivity contribution in [2.75, 3.05) is 7.05 Å². The van der Waals surface area contributed by atoms with E-state index in [1.54, 1.807) is 23.5 Å². The lowest BCUT2D eigenvalue weighted by atomic mass is 10.0. The molecular weight excluding hydrogens is 370 g/mol. The van der Waals surface area contributed by atoms with E-state index in [0.29, 0.717) is 23.4 Å². The Bertz CT molecular complexity index is 1050. The van der Waals surface area contributed by atoms with Crippen molar-refractivity contribution in [2.45, 2.75) is 20.0 Å². The molecule has 0 saturated heterocycles. The molecule has 4 rings (SSSR count). The van der Waals surface area contributed by atoms with E-state index >= 15 is 0 Å². The Balaban J connectivity index is 1.61. The molecule has 3 aromatic rings. The van der Waals surface area contributed by atoms with Crippen molar-refractivity contribution in [2.24, 2.45) is 0 Å². The number of benzene rings is 2. The number of thiophene rings is 1. The van der Waals surface area contributed by atoms with E-state index in [0.717, 1.165) is 21.9 Å². The molecule has 0 fully saturated rings. The van der Waals surface area contributed by atoms with Crippen LogP contribution in [0.3, 0.4) is 0 Å². The molecule has 2 aromatic carbocycles. The van der Waals surface area contributed by atoms with Crippen molar-refractivity contribution in [3.63, 3.8) is 0 Å². The monoisotopic (exact) mass is 391 g/mol. The summed E-state index contributed by atoms with van der Waals surface area (Å²) in [5.74, 6) is 0.454. The highest BCUT2D eigenvalue weighted by Gasteiger charge is 2.31. The van der Waals surface area contributed by atoms with E-state index in [2.05, 4.69) is 12.1 Å². The van der Waals surface area contributed by atoms with Gasteiger partial charge < -0.3 is 14.7 Å². The minimum atomic E-state index is -0.162. The van der Waals surface area contributed by atoms with Gasteiger partial charge in [0, 0.05) is 22.1 Å². The topological polar surface area (TPSA) is 53.8 Å². The van der Waals surface area contributed by atoms with E-state index in [9.17, 15) is 9.90 Å². The van der Waals surface area contributed by atoms with Crippen LogP contribution in [0.15, 0.2) is 59.7 Å². The van der Waals surface area contributed by atoms with Gasteiger partial charge in [-0.15, -0.1) is 11.3 Å². The number of ether oxygens (including phenoxy) is 1. The molecule has 0 radical (unpaired) electrons. The molecule has 1 unspecified atom stereocenters. The first-order chi connectivity index (χ1) is 13.5. The second-order valence-electron chi connectivity index (χ2n) is 7.12. The van der Waals surface area contributed by atoms with Crippen LogP contribution in [0.2, 0.25) is 0 Å². The number of carbonyl (C=O) groups excluding carboxylic acids is 1.